The van der Waals surface area contributed by atoms with Crippen LogP contribution in [0.5, 0.6) is 5.75 Å². The fraction of sp³-hybridized carbons (Fsp3) is 0.435. The van der Waals surface area contributed by atoms with E-state index in [-0.39, 0.29) is 17.7 Å². The van der Waals surface area contributed by atoms with Gasteiger partial charge in [-0.25, -0.2) is 4.98 Å². The Morgan fingerprint density at radius 2 is 2.03 bits per heavy atom. The molecule has 3 rings (SSSR count). The van der Waals surface area contributed by atoms with Crippen LogP contribution in [0.2, 0.25) is 0 Å². The molecule has 1 aromatic carbocycles. The quantitative estimate of drug-likeness (QED) is 0.674. The van der Waals surface area contributed by atoms with Gasteiger partial charge in [0.05, 0.1) is 18.1 Å². The SMILES string of the molecule is CCOCCOc1ccccc1C(=O)N1CCCC(C(=O)Nc2ncccc2C)C1. The molecule has 0 spiro atoms. The highest BCUT2D eigenvalue weighted by Crippen LogP contribution is 2.25. The summed E-state index contributed by atoms with van der Waals surface area (Å²) in [5, 5.41) is 2.90. The normalized spacial score (nSPS) is 16.2. The van der Waals surface area contributed by atoms with Crippen LogP contribution in [-0.4, -0.2) is 54.6 Å². The molecule has 1 aliphatic rings. The first-order chi connectivity index (χ1) is 14.6. The van der Waals surface area contributed by atoms with Crippen molar-refractivity contribution in [1.29, 1.82) is 0 Å². The van der Waals surface area contributed by atoms with Crippen molar-refractivity contribution < 1.29 is 19.1 Å². The number of nitrogens with one attached hydrogen (secondary N) is 1. The Hall–Kier alpha value is -2.93. The molecule has 1 fully saturated rings. The zero-order chi connectivity index (χ0) is 21.3. The molecule has 0 aliphatic carbocycles. The van der Waals surface area contributed by atoms with E-state index in [9.17, 15) is 9.59 Å². The van der Waals surface area contributed by atoms with Crippen LogP contribution in [0.4, 0.5) is 5.82 Å². The van der Waals surface area contributed by atoms with E-state index in [0.29, 0.717) is 50.0 Å². The Kier molecular flexibility index (Phi) is 7.79. The molecule has 2 aromatic rings. The monoisotopic (exact) mass is 411 g/mol. The van der Waals surface area contributed by atoms with Crippen LogP contribution < -0.4 is 10.1 Å². The summed E-state index contributed by atoms with van der Waals surface area (Å²) in [5.74, 6) is 0.621. The Bertz CT molecular complexity index is 871. The van der Waals surface area contributed by atoms with Gasteiger partial charge in [-0.1, -0.05) is 18.2 Å². The molecule has 1 N–H and O–H groups in total. The highest BCUT2D eigenvalue weighted by atomic mass is 16.5. The first-order valence-corrected chi connectivity index (χ1v) is 10.4. The number of piperidine rings is 1. The van der Waals surface area contributed by atoms with Crippen molar-refractivity contribution in [3.8, 4) is 5.75 Å². The van der Waals surface area contributed by atoms with E-state index >= 15 is 0 Å². The summed E-state index contributed by atoms with van der Waals surface area (Å²) in [6, 6.07) is 11.0. The van der Waals surface area contributed by atoms with E-state index in [1.165, 1.54) is 0 Å². The van der Waals surface area contributed by atoms with Crippen LogP contribution in [0.25, 0.3) is 0 Å². The van der Waals surface area contributed by atoms with Crippen molar-refractivity contribution in [1.82, 2.24) is 9.88 Å². The highest BCUT2D eigenvalue weighted by Gasteiger charge is 2.30. The van der Waals surface area contributed by atoms with E-state index in [0.717, 1.165) is 18.4 Å². The molecule has 1 aromatic heterocycles. The number of benzene rings is 1. The van der Waals surface area contributed by atoms with Gasteiger partial charge in [-0.15, -0.1) is 0 Å². The summed E-state index contributed by atoms with van der Waals surface area (Å²) in [7, 11) is 0. The lowest BCUT2D eigenvalue weighted by molar-refractivity contribution is -0.121. The van der Waals surface area contributed by atoms with Gasteiger partial charge in [-0.05, 0) is 50.5 Å². The van der Waals surface area contributed by atoms with Crippen LogP contribution in [0.1, 0.15) is 35.7 Å². The van der Waals surface area contributed by atoms with Crippen molar-refractivity contribution >= 4 is 17.6 Å². The Labute approximate surface area is 177 Å². The third-order valence-electron chi connectivity index (χ3n) is 5.14. The van der Waals surface area contributed by atoms with Crippen molar-refractivity contribution in [2.45, 2.75) is 26.7 Å². The van der Waals surface area contributed by atoms with Gasteiger partial charge in [0.15, 0.2) is 0 Å². The zero-order valence-corrected chi connectivity index (χ0v) is 17.6. The number of hydrogen-bond acceptors (Lipinski definition) is 5. The second-order valence-corrected chi connectivity index (χ2v) is 7.29. The van der Waals surface area contributed by atoms with E-state index in [1.807, 2.05) is 38.1 Å². The van der Waals surface area contributed by atoms with Gasteiger partial charge in [-0.2, -0.15) is 0 Å². The maximum absolute atomic E-state index is 13.2. The number of pyridine rings is 1. The van der Waals surface area contributed by atoms with Crippen molar-refractivity contribution in [2.75, 3.05) is 38.2 Å². The molecular formula is C23H29N3O4. The van der Waals surface area contributed by atoms with Gasteiger partial charge in [0.25, 0.3) is 5.91 Å². The van der Waals surface area contributed by atoms with Gasteiger partial charge in [0.1, 0.15) is 18.2 Å². The summed E-state index contributed by atoms with van der Waals surface area (Å²) in [6.07, 6.45) is 3.17. The standard InChI is InChI=1S/C23H29N3O4/c1-3-29-14-15-30-20-11-5-4-10-19(20)23(28)26-13-7-9-18(16-26)22(27)25-21-17(2)8-6-12-24-21/h4-6,8,10-12,18H,3,7,9,13-16H2,1-2H3,(H,24,25,27). The summed E-state index contributed by atoms with van der Waals surface area (Å²) < 4.78 is 11.1. The van der Waals surface area contributed by atoms with Crippen LogP contribution >= 0.6 is 0 Å². The second kappa shape index (κ2) is 10.7. The molecule has 1 unspecified atom stereocenters. The number of aromatic nitrogens is 1. The number of aryl methyl sites for hydroxylation is 1. The molecule has 1 saturated heterocycles. The second-order valence-electron chi connectivity index (χ2n) is 7.29. The number of anilines is 1. The molecule has 30 heavy (non-hydrogen) atoms. The number of carbonyl (C=O) groups excluding carboxylic acids is 2. The van der Waals surface area contributed by atoms with Crippen LogP contribution in [-0.2, 0) is 9.53 Å². The van der Waals surface area contributed by atoms with E-state index in [2.05, 4.69) is 10.3 Å². The number of ether oxygens (including phenoxy) is 2. The average Bonchev–Trinajstić information content (AvgIpc) is 2.78. The minimum absolute atomic E-state index is 0.101. The van der Waals surface area contributed by atoms with Crippen molar-refractivity contribution in [3.63, 3.8) is 0 Å². The smallest absolute Gasteiger partial charge is 0.257 e. The minimum Gasteiger partial charge on any atom is -0.490 e. The third-order valence-corrected chi connectivity index (χ3v) is 5.14. The Morgan fingerprint density at radius 3 is 2.83 bits per heavy atom. The minimum atomic E-state index is -0.268. The number of para-hydroxylation sites is 1. The molecule has 2 amide bonds. The molecule has 0 saturated carbocycles. The predicted molar refractivity (Wildman–Crippen MR) is 115 cm³/mol. The van der Waals surface area contributed by atoms with Crippen molar-refractivity contribution in [2.24, 2.45) is 5.92 Å². The van der Waals surface area contributed by atoms with E-state index in [4.69, 9.17) is 9.47 Å². The predicted octanol–water partition coefficient (Wildman–Crippen LogP) is 3.30. The van der Waals surface area contributed by atoms with Crippen molar-refractivity contribution in [3.05, 3.63) is 53.7 Å². The first-order valence-electron chi connectivity index (χ1n) is 10.4. The highest BCUT2D eigenvalue weighted by molar-refractivity contribution is 5.98. The number of amides is 2. The summed E-state index contributed by atoms with van der Waals surface area (Å²) in [6.45, 7) is 6.31. The third kappa shape index (κ3) is 5.57. The molecule has 0 radical (unpaired) electrons. The zero-order valence-electron chi connectivity index (χ0n) is 17.6. The number of likely N-dealkylation sites (tertiary alicyclic amines) is 1. The lowest BCUT2D eigenvalue weighted by atomic mass is 9.96. The molecule has 7 heteroatoms. The summed E-state index contributed by atoms with van der Waals surface area (Å²) >= 11 is 0. The molecule has 1 atom stereocenters. The van der Waals surface area contributed by atoms with E-state index in [1.54, 1.807) is 23.2 Å². The number of carbonyl (C=O) groups is 2. The molecule has 2 heterocycles. The topological polar surface area (TPSA) is 80.8 Å². The fourth-order valence-electron chi connectivity index (χ4n) is 3.51. The van der Waals surface area contributed by atoms with Crippen LogP contribution in [0.3, 0.4) is 0 Å². The van der Waals surface area contributed by atoms with Crippen LogP contribution in [0.15, 0.2) is 42.6 Å². The fourth-order valence-corrected chi connectivity index (χ4v) is 3.51. The van der Waals surface area contributed by atoms with Gasteiger partial charge < -0.3 is 19.7 Å². The van der Waals surface area contributed by atoms with Gasteiger partial charge >= 0.3 is 0 Å². The molecule has 160 valence electrons. The molecule has 0 bridgehead atoms. The lowest BCUT2D eigenvalue weighted by Crippen LogP contribution is -2.44. The van der Waals surface area contributed by atoms with Gasteiger partial charge in [0.2, 0.25) is 5.91 Å². The largest absolute Gasteiger partial charge is 0.490 e. The van der Waals surface area contributed by atoms with Crippen LogP contribution in [0, 0.1) is 12.8 Å². The van der Waals surface area contributed by atoms with Gasteiger partial charge in [-0.3, -0.25) is 9.59 Å². The number of nitrogens with zero attached hydrogens (tertiary/aromatic N) is 2. The summed E-state index contributed by atoms with van der Waals surface area (Å²) in [4.78, 5) is 31.9. The number of rotatable bonds is 8. The Balaban J connectivity index is 1.64. The maximum Gasteiger partial charge on any atom is 0.257 e. The average molecular weight is 412 g/mol. The first kappa shape index (κ1) is 21.8. The maximum atomic E-state index is 13.2. The Morgan fingerprint density at radius 1 is 1.20 bits per heavy atom. The summed E-state index contributed by atoms with van der Waals surface area (Å²) in [5.41, 5.74) is 1.42. The molecular weight excluding hydrogens is 382 g/mol. The van der Waals surface area contributed by atoms with Gasteiger partial charge in [0, 0.05) is 25.9 Å². The lowest BCUT2D eigenvalue weighted by Gasteiger charge is -2.32. The molecule has 7 nitrogen and oxygen atoms in total. The molecule has 1 aliphatic heterocycles. The number of hydrogen-bond donors (Lipinski definition) is 1. The van der Waals surface area contributed by atoms with E-state index < -0.39 is 0 Å².